The maximum Gasteiger partial charge on any atom is 0.241 e. The first kappa shape index (κ1) is 21.3. The standard InChI is InChI=1S/C21H26ClFNO3P/c1-4-19(28(5-2)6-3)27-18-12-17(16(23)11-15(18)22)24-20(25)13-9-7-8-10-14(13)21(24)26/h7,9,11-14,19H,4-6,8,10H2,1-3H3. The van der Waals surface area contributed by atoms with Crippen LogP contribution in [0.1, 0.15) is 40.0 Å². The lowest BCUT2D eigenvalue weighted by molar-refractivity contribution is -0.122. The van der Waals surface area contributed by atoms with Crippen molar-refractivity contribution in [1.82, 2.24) is 0 Å². The minimum Gasteiger partial charge on any atom is -0.484 e. The minimum absolute atomic E-state index is 0.00342. The van der Waals surface area contributed by atoms with Gasteiger partial charge in [0.1, 0.15) is 17.4 Å². The molecule has 2 amide bonds. The van der Waals surface area contributed by atoms with Gasteiger partial charge in [-0.25, -0.2) is 9.29 Å². The van der Waals surface area contributed by atoms with Crippen LogP contribution in [0.2, 0.25) is 5.02 Å². The summed E-state index contributed by atoms with van der Waals surface area (Å²) < 4.78 is 20.9. The van der Waals surface area contributed by atoms with Gasteiger partial charge in [-0.1, -0.05) is 52.4 Å². The van der Waals surface area contributed by atoms with Crippen LogP contribution in [0.15, 0.2) is 24.3 Å². The number of allylic oxidation sites excluding steroid dienone is 1. The number of fused-ring (bicyclic) bond motifs is 1. The van der Waals surface area contributed by atoms with Crippen LogP contribution in [-0.4, -0.2) is 30.0 Å². The van der Waals surface area contributed by atoms with Gasteiger partial charge in [-0.3, -0.25) is 9.59 Å². The summed E-state index contributed by atoms with van der Waals surface area (Å²) in [4.78, 5) is 26.6. The molecule has 1 heterocycles. The Kier molecular flexibility index (Phi) is 6.77. The molecule has 0 aromatic heterocycles. The Hall–Kier alpha value is -1.45. The Balaban J connectivity index is 1.95. The average molecular weight is 426 g/mol. The lowest BCUT2D eigenvalue weighted by Gasteiger charge is -2.27. The number of hydrogen-bond acceptors (Lipinski definition) is 3. The molecule has 7 heteroatoms. The van der Waals surface area contributed by atoms with E-state index < -0.39 is 17.7 Å². The fraction of sp³-hybridized carbons (Fsp3) is 0.524. The highest BCUT2D eigenvalue weighted by Crippen LogP contribution is 2.45. The zero-order valence-electron chi connectivity index (χ0n) is 16.5. The molecule has 0 saturated carbocycles. The molecule has 0 bridgehead atoms. The van der Waals surface area contributed by atoms with E-state index in [1.807, 2.05) is 13.0 Å². The van der Waals surface area contributed by atoms with Gasteiger partial charge in [0, 0.05) is 6.07 Å². The summed E-state index contributed by atoms with van der Waals surface area (Å²) in [7, 11) is -0.344. The summed E-state index contributed by atoms with van der Waals surface area (Å²) in [5, 5.41) is 0.151. The van der Waals surface area contributed by atoms with E-state index in [1.54, 1.807) is 6.08 Å². The van der Waals surface area contributed by atoms with E-state index in [-0.39, 0.29) is 36.3 Å². The third-order valence-electron chi connectivity index (χ3n) is 5.54. The molecule has 28 heavy (non-hydrogen) atoms. The highest BCUT2D eigenvalue weighted by molar-refractivity contribution is 7.58. The van der Waals surface area contributed by atoms with Crippen molar-refractivity contribution < 1.29 is 18.7 Å². The number of ether oxygens (including phenoxy) is 1. The quantitative estimate of drug-likeness (QED) is 0.326. The first-order chi connectivity index (χ1) is 13.4. The molecule has 1 aromatic rings. The third-order valence-corrected chi connectivity index (χ3v) is 8.74. The molecule has 3 unspecified atom stereocenters. The molecule has 1 saturated heterocycles. The summed E-state index contributed by atoms with van der Waals surface area (Å²) in [6.07, 6.45) is 7.89. The summed E-state index contributed by atoms with van der Waals surface area (Å²) in [6, 6.07) is 2.55. The number of benzene rings is 1. The van der Waals surface area contributed by atoms with E-state index in [9.17, 15) is 14.0 Å². The van der Waals surface area contributed by atoms with E-state index in [0.717, 1.165) is 36.1 Å². The summed E-state index contributed by atoms with van der Waals surface area (Å²) >= 11 is 6.24. The molecule has 1 aliphatic heterocycles. The fourth-order valence-corrected chi connectivity index (χ4v) is 6.23. The maximum absolute atomic E-state index is 14.7. The predicted molar refractivity (Wildman–Crippen MR) is 112 cm³/mol. The normalized spacial score (nSPS) is 22.7. The Bertz CT molecular complexity index is 796. The number of amides is 2. The van der Waals surface area contributed by atoms with E-state index in [4.69, 9.17) is 16.3 Å². The summed E-state index contributed by atoms with van der Waals surface area (Å²) in [5.74, 6) is -2.01. The van der Waals surface area contributed by atoms with Crippen molar-refractivity contribution >= 4 is 37.0 Å². The molecule has 1 aromatic carbocycles. The highest BCUT2D eigenvalue weighted by Gasteiger charge is 2.48. The fourth-order valence-electron chi connectivity index (χ4n) is 4.00. The number of hydrogen-bond donors (Lipinski definition) is 0. The number of carbonyl (C=O) groups is 2. The van der Waals surface area contributed by atoms with Gasteiger partial charge in [0.2, 0.25) is 11.8 Å². The lowest BCUT2D eigenvalue weighted by Crippen LogP contribution is -2.31. The van der Waals surface area contributed by atoms with Crippen molar-refractivity contribution in [3.63, 3.8) is 0 Å². The van der Waals surface area contributed by atoms with Crippen molar-refractivity contribution in [3.8, 4) is 5.75 Å². The molecule has 152 valence electrons. The zero-order chi connectivity index (χ0) is 20.4. The van der Waals surface area contributed by atoms with Crippen LogP contribution in [0, 0.1) is 17.7 Å². The number of nitrogens with zero attached hydrogens (tertiary/aromatic N) is 1. The molecule has 0 radical (unpaired) electrons. The number of anilines is 1. The van der Waals surface area contributed by atoms with Crippen LogP contribution in [0.4, 0.5) is 10.1 Å². The number of imide groups is 1. The largest absolute Gasteiger partial charge is 0.484 e. The number of rotatable bonds is 7. The van der Waals surface area contributed by atoms with Crippen molar-refractivity contribution in [1.29, 1.82) is 0 Å². The zero-order valence-corrected chi connectivity index (χ0v) is 18.1. The average Bonchev–Trinajstić information content (AvgIpc) is 2.94. The predicted octanol–water partition coefficient (Wildman–Crippen LogP) is 5.57. The molecule has 3 rings (SSSR count). The van der Waals surface area contributed by atoms with Gasteiger partial charge in [0.25, 0.3) is 0 Å². The van der Waals surface area contributed by atoms with Crippen molar-refractivity contribution in [2.45, 2.75) is 45.9 Å². The first-order valence-electron chi connectivity index (χ1n) is 9.87. The van der Waals surface area contributed by atoms with Crippen LogP contribution < -0.4 is 9.64 Å². The van der Waals surface area contributed by atoms with E-state index in [2.05, 4.69) is 13.8 Å². The van der Waals surface area contributed by atoms with Crippen LogP contribution in [-0.2, 0) is 9.59 Å². The molecule has 2 aliphatic rings. The topological polar surface area (TPSA) is 46.6 Å². The second kappa shape index (κ2) is 8.92. The first-order valence-corrected chi connectivity index (χ1v) is 12.0. The van der Waals surface area contributed by atoms with Gasteiger partial charge in [-0.05, 0) is 37.7 Å². The highest BCUT2D eigenvalue weighted by atomic mass is 35.5. The molecule has 4 nitrogen and oxygen atoms in total. The van der Waals surface area contributed by atoms with E-state index in [1.165, 1.54) is 6.07 Å². The SMILES string of the molecule is CCC(Oc1cc(N2C(=O)C3C=CCCC3C2=O)c(F)cc1Cl)P(CC)CC. The molecular weight excluding hydrogens is 400 g/mol. The van der Waals surface area contributed by atoms with Gasteiger partial charge in [-0.15, -0.1) is 0 Å². The second-order valence-electron chi connectivity index (χ2n) is 7.09. The summed E-state index contributed by atoms with van der Waals surface area (Å²) in [5.41, 5.74) is -0.0654. The molecular formula is C21H26ClFNO3P. The van der Waals surface area contributed by atoms with Crippen molar-refractivity contribution in [2.75, 3.05) is 17.2 Å². The monoisotopic (exact) mass is 425 g/mol. The smallest absolute Gasteiger partial charge is 0.241 e. The van der Waals surface area contributed by atoms with Crippen LogP contribution in [0.5, 0.6) is 5.75 Å². The maximum atomic E-state index is 14.7. The van der Waals surface area contributed by atoms with Gasteiger partial charge < -0.3 is 4.74 Å². The Labute approximate surface area is 171 Å². The van der Waals surface area contributed by atoms with E-state index >= 15 is 0 Å². The molecule has 1 fully saturated rings. The van der Waals surface area contributed by atoms with Gasteiger partial charge in [0.05, 0.1) is 22.5 Å². The second-order valence-corrected chi connectivity index (χ2v) is 10.5. The van der Waals surface area contributed by atoms with Gasteiger partial charge in [-0.2, -0.15) is 0 Å². The van der Waals surface area contributed by atoms with Crippen molar-refractivity contribution in [2.24, 2.45) is 11.8 Å². The Morgan fingerprint density at radius 2 is 1.96 bits per heavy atom. The lowest BCUT2D eigenvalue weighted by atomic mass is 9.86. The number of carbonyl (C=O) groups excluding carboxylic acids is 2. The number of halogens is 2. The summed E-state index contributed by atoms with van der Waals surface area (Å²) in [6.45, 7) is 6.32. The van der Waals surface area contributed by atoms with Crippen LogP contribution >= 0.6 is 19.5 Å². The van der Waals surface area contributed by atoms with Gasteiger partial charge in [0.15, 0.2) is 0 Å². The van der Waals surface area contributed by atoms with Crippen LogP contribution in [0.25, 0.3) is 0 Å². The van der Waals surface area contributed by atoms with Crippen molar-refractivity contribution in [3.05, 3.63) is 35.1 Å². The molecule has 3 atom stereocenters. The molecule has 1 aliphatic carbocycles. The minimum atomic E-state index is -0.692. The van der Waals surface area contributed by atoms with Crippen LogP contribution in [0.3, 0.4) is 0 Å². The van der Waals surface area contributed by atoms with Gasteiger partial charge >= 0.3 is 0 Å². The molecule has 0 N–H and O–H groups in total. The Morgan fingerprint density at radius 1 is 1.25 bits per heavy atom. The third kappa shape index (κ3) is 3.84. The molecule has 0 spiro atoms. The Morgan fingerprint density at radius 3 is 2.57 bits per heavy atom. The van der Waals surface area contributed by atoms with E-state index in [0.29, 0.717) is 12.2 Å².